The minimum Gasteiger partial charge on any atom is -0.439 e. The zero-order valence-corrected chi connectivity index (χ0v) is 16.1. The predicted molar refractivity (Wildman–Crippen MR) is 113 cm³/mol. The molecule has 0 aliphatic heterocycles. The summed E-state index contributed by atoms with van der Waals surface area (Å²) >= 11 is 5.84. The van der Waals surface area contributed by atoms with Crippen molar-refractivity contribution in [2.75, 3.05) is 11.1 Å². The Balaban J connectivity index is 1.45. The van der Waals surface area contributed by atoms with Crippen LogP contribution in [0.1, 0.15) is 12.5 Å². The summed E-state index contributed by atoms with van der Waals surface area (Å²) in [6, 6.07) is 17.1. The van der Waals surface area contributed by atoms with E-state index in [1.807, 2.05) is 42.5 Å². The zero-order valence-electron chi connectivity index (χ0n) is 15.4. The van der Waals surface area contributed by atoms with Gasteiger partial charge in [0.25, 0.3) is 0 Å². The van der Waals surface area contributed by atoms with Crippen molar-refractivity contribution in [2.45, 2.75) is 20.0 Å². The highest BCUT2D eigenvalue weighted by atomic mass is 35.5. The average Bonchev–Trinajstić information content (AvgIpc) is 3.06. The number of aromatic nitrogens is 3. The van der Waals surface area contributed by atoms with Gasteiger partial charge in [-0.1, -0.05) is 23.7 Å². The number of hydrogen-bond acceptors (Lipinski definition) is 5. The summed E-state index contributed by atoms with van der Waals surface area (Å²) in [6.45, 7) is 3.55. The minimum atomic E-state index is 0.506. The summed E-state index contributed by atoms with van der Waals surface area (Å²) in [7, 11) is 0. The van der Waals surface area contributed by atoms with Crippen LogP contribution in [-0.4, -0.2) is 14.5 Å². The first-order chi connectivity index (χ1) is 13.6. The second-order valence-corrected chi connectivity index (χ2v) is 6.78. The molecule has 0 atom stereocenters. The number of ether oxygens (including phenoxy) is 1. The van der Waals surface area contributed by atoms with Crippen LogP contribution in [0, 0.1) is 0 Å². The lowest BCUT2D eigenvalue weighted by Crippen LogP contribution is -2.06. The first-order valence-electron chi connectivity index (χ1n) is 9.00. The molecule has 4 rings (SSSR count). The Morgan fingerprint density at radius 1 is 1.11 bits per heavy atom. The molecule has 0 aliphatic rings. The molecule has 0 fully saturated rings. The van der Waals surface area contributed by atoms with Crippen molar-refractivity contribution >= 4 is 34.3 Å². The van der Waals surface area contributed by atoms with Crippen LogP contribution in [0.15, 0.2) is 60.8 Å². The molecule has 0 saturated heterocycles. The summed E-state index contributed by atoms with van der Waals surface area (Å²) in [5.74, 6) is 2.05. The topological polar surface area (TPSA) is 78.0 Å². The van der Waals surface area contributed by atoms with E-state index in [0.717, 1.165) is 40.5 Å². The Bertz CT molecular complexity index is 1090. The lowest BCUT2D eigenvalue weighted by molar-refractivity contribution is 0.463. The van der Waals surface area contributed by atoms with Crippen LogP contribution in [-0.2, 0) is 13.1 Å². The number of nitrogens with two attached hydrogens (primary N) is 1. The monoisotopic (exact) mass is 393 g/mol. The number of anilines is 2. The van der Waals surface area contributed by atoms with E-state index in [9.17, 15) is 0 Å². The lowest BCUT2D eigenvalue weighted by atomic mass is 10.2. The molecule has 0 unspecified atom stereocenters. The van der Waals surface area contributed by atoms with E-state index in [1.165, 1.54) is 0 Å². The number of pyridine rings is 1. The van der Waals surface area contributed by atoms with Crippen molar-refractivity contribution in [1.29, 1.82) is 0 Å². The zero-order chi connectivity index (χ0) is 19.5. The van der Waals surface area contributed by atoms with Crippen LogP contribution < -0.4 is 15.8 Å². The average molecular weight is 394 g/mol. The van der Waals surface area contributed by atoms with Crippen LogP contribution in [0.4, 0.5) is 11.6 Å². The highest BCUT2D eigenvalue weighted by molar-refractivity contribution is 6.30. The molecule has 2 aromatic carbocycles. The van der Waals surface area contributed by atoms with Gasteiger partial charge in [-0.15, -0.1) is 0 Å². The Morgan fingerprint density at radius 3 is 2.64 bits per heavy atom. The highest BCUT2D eigenvalue weighted by Gasteiger charge is 2.09. The molecule has 7 heteroatoms. The molecule has 0 radical (unpaired) electrons. The summed E-state index contributed by atoms with van der Waals surface area (Å²) < 4.78 is 7.84. The molecule has 0 amide bonds. The summed E-state index contributed by atoms with van der Waals surface area (Å²) in [4.78, 5) is 8.80. The maximum absolute atomic E-state index is 5.91. The van der Waals surface area contributed by atoms with Crippen LogP contribution in [0.3, 0.4) is 0 Å². The van der Waals surface area contributed by atoms with Crippen molar-refractivity contribution in [3.63, 3.8) is 0 Å². The molecule has 6 nitrogen and oxygen atoms in total. The number of rotatable bonds is 6. The summed E-state index contributed by atoms with van der Waals surface area (Å²) in [6.07, 6.45) is 1.56. The predicted octanol–water partition coefficient (Wildman–Crippen LogP) is 5.09. The van der Waals surface area contributed by atoms with E-state index in [2.05, 4.69) is 26.8 Å². The van der Waals surface area contributed by atoms with Gasteiger partial charge in [0.1, 0.15) is 5.75 Å². The molecule has 28 heavy (non-hydrogen) atoms. The van der Waals surface area contributed by atoms with E-state index in [4.69, 9.17) is 22.1 Å². The van der Waals surface area contributed by atoms with Crippen LogP contribution in [0.5, 0.6) is 11.6 Å². The van der Waals surface area contributed by atoms with Crippen LogP contribution in [0.2, 0.25) is 5.02 Å². The molecule has 0 bridgehead atoms. The quantitative estimate of drug-likeness (QED) is 0.446. The van der Waals surface area contributed by atoms with Crippen LogP contribution >= 0.6 is 11.6 Å². The fourth-order valence-electron chi connectivity index (χ4n) is 2.99. The van der Waals surface area contributed by atoms with Gasteiger partial charge in [-0.05, 0) is 48.9 Å². The molecular formula is C21H20ClN5O. The van der Waals surface area contributed by atoms with Gasteiger partial charge in [-0.3, -0.25) is 0 Å². The number of hydrogen-bond donors (Lipinski definition) is 2. The number of aryl methyl sites for hydroxylation is 1. The fraction of sp³-hybridized carbons (Fsp3) is 0.143. The fourth-order valence-corrected chi connectivity index (χ4v) is 3.11. The second-order valence-electron chi connectivity index (χ2n) is 6.34. The number of nitrogens with zero attached hydrogens (tertiary/aromatic N) is 3. The molecule has 2 aromatic heterocycles. The number of benzene rings is 2. The van der Waals surface area contributed by atoms with Crippen molar-refractivity contribution in [3.8, 4) is 11.6 Å². The van der Waals surface area contributed by atoms with E-state index < -0.39 is 0 Å². The van der Waals surface area contributed by atoms with Gasteiger partial charge in [-0.25, -0.2) is 9.97 Å². The van der Waals surface area contributed by atoms with Gasteiger partial charge >= 0.3 is 0 Å². The number of imidazole rings is 1. The molecular weight excluding hydrogens is 374 g/mol. The van der Waals surface area contributed by atoms with Gasteiger partial charge in [0.15, 0.2) is 0 Å². The number of nitrogens with one attached hydrogen (secondary N) is 1. The lowest BCUT2D eigenvalue weighted by Gasteiger charge is -2.10. The van der Waals surface area contributed by atoms with E-state index >= 15 is 0 Å². The van der Waals surface area contributed by atoms with Gasteiger partial charge < -0.3 is 20.4 Å². The van der Waals surface area contributed by atoms with Gasteiger partial charge in [-0.2, -0.15) is 0 Å². The Kier molecular flexibility index (Phi) is 5.04. The van der Waals surface area contributed by atoms with Gasteiger partial charge in [0.05, 0.1) is 16.1 Å². The number of halogens is 1. The van der Waals surface area contributed by atoms with E-state index in [1.54, 1.807) is 18.3 Å². The molecule has 3 N–H and O–H groups in total. The van der Waals surface area contributed by atoms with E-state index in [-0.39, 0.29) is 0 Å². The van der Waals surface area contributed by atoms with Crippen molar-refractivity contribution < 1.29 is 4.74 Å². The molecule has 0 saturated carbocycles. The van der Waals surface area contributed by atoms with Gasteiger partial charge in [0, 0.05) is 31.0 Å². The largest absolute Gasteiger partial charge is 0.439 e. The highest BCUT2D eigenvalue weighted by Crippen LogP contribution is 2.24. The molecule has 0 spiro atoms. The first-order valence-corrected chi connectivity index (χ1v) is 9.38. The second kappa shape index (κ2) is 7.78. The maximum atomic E-state index is 5.91. The van der Waals surface area contributed by atoms with Crippen LogP contribution in [0.25, 0.3) is 11.0 Å². The third kappa shape index (κ3) is 3.87. The Labute approximate surface area is 167 Å². The molecule has 2 heterocycles. The normalized spacial score (nSPS) is 10.9. The third-order valence-electron chi connectivity index (χ3n) is 4.39. The number of nitrogen functional groups attached to an aromatic ring is 1. The first kappa shape index (κ1) is 18.1. The molecule has 0 aliphatic carbocycles. The smallest absolute Gasteiger partial charge is 0.219 e. The van der Waals surface area contributed by atoms with Crippen molar-refractivity contribution in [2.24, 2.45) is 0 Å². The SMILES string of the molecule is CCn1c(NCc2ccc(Oc3ccc(Cl)cn3)cc2)nc2ccc(N)cc21. The van der Waals surface area contributed by atoms with Gasteiger partial charge in [0.2, 0.25) is 11.8 Å². The maximum Gasteiger partial charge on any atom is 0.219 e. The third-order valence-corrected chi connectivity index (χ3v) is 4.61. The summed E-state index contributed by atoms with van der Waals surface area (Å²) in [5.41, 5.74) is 9.73. The Hall–Kier alpha value is -3.25. The molecule has 142 valence electrons. The van der Waals surface area contributed by atoms with Crippen molar-refractivity contribution in [3.05, 3.63) is 71.4 Å². The Morgan fingerprint density at radius 2 is 1.93 bits per heavy atom. The number of fused-ring (bicyclic) bond motifs is 1. The summed E-state index contributed by atoms with van der Waals surface area (Å²) in [5, 5.41) is 3.99. The standard InChI is InChI=1S/C21H20ClN5O/c1-2-27-19-11-16(23)6-9-18(19)26-21(27)25-12-14-3-7-17(8-4-14)28-20-10-5-15(22)13-24-20/h3-11,13H,2,12,23H2,1H3,(H,25,26). The molecule has 4 aromatic rings. The van der Waals surface area contributed by atoms with E-state index in [0.29, 0.717) is 17.4 Å². The van der Waals surface area contributed by atoms with Crippen molar-refractivity contribution in [1.82, 2.24) is 14.5 Å². The minimum absolute atomic E-state index is 0.506.